The van der Waals surface area contributed by atoms with Crippen molar-refractivity contribution in [1.29, 1.82) is 0 Å². The van der Waals surface area contributed by atoms with Gasteiger partial charge in [0.05, 0.1) is 18.1 Å². The van der Waals surface area contributed by atoms with Gasteiger partial charge in [-0.1, -0.05) is 0 Å². The number of nitrogens with zero attached hydrogens (tertiary/aromatic N) is 1. The molecule has 0 aliphatic carbocycles. The van der Waals surface area contributed by atoms with Crippen molar-refractivity contribution < 1.29 is 19.6 Å². The molecule has 0 spiro atoms. The van der Waals surface area contributed by atoms with Crippen LogP contribution in [-0.4, -0.2) is 48.8 Å². The van der Waals surface area contributed by atoms with Crippen molar-refractivity contribution in [3.63, 3.8) is 0 Å². The average Bonchev–Trinajstić information content (AvgIpc) is 2.89. The summed E-state index contributed by atoms with van der Waals surface area (Å²) >= 11 is 0. The summed E-state index contributed by atoms with van der Waals surface area (Å²) in [6.07, 6.45) is -0.490. The fourth-order valence-electron chi connectivity index (χ4n) is 2.23. The standard InChI is InChI=1S/C13H17N3O5.ClH/c1-21-12-3-2-8(4-10(12)16(19)20)13(18)15-6-9-5-14-7-11(9)17;/h2-4,9,11,14,17H,5-7H2,1H3,(H,15,18);1H. The lowest BCUT2D eigenvalue weighted by atomic mass is 10.1. The van der Waals surface area contributed by atoms with Gasteiger partial charge in [-0.2, -0.15) is 0 Å². The maximum absolute atomic E-state index is 12.0. The zero-order valence-corrected chi connectivity index (χ0v) is 12.8. The van der Waals surface area contributed by atoms with Crippen molar-refractivity contribution in [2.45, 2.75) is 6.10 Å². The molecular formula is C13H18ClN3O5. The summed E-state index contributed by atoms with van der Waals surface area (Å²) in [5, 5.41) is 26.2. The van der Waals surface area contributed by atoms with E-state index in [9.17, 15) is 20.0 Å². The molecular weight excluding hydrogens is 314 g/mol. The third-order valence-corrected chi connectivity index (χ3v) is 3.47. The van der Waals surface area contributed by atoms with E-state index in [1.807, 2.05) is 0 Å². The monoisotopic (exact) mass is 331 g/mol. The Morgan fingerprint density at radius 2 is 2.27 bits per heavy atom. The quantitative estimate of drug-likeness (QED) is 0.529. The number of hydrogen-bond acceptors (Lipinski definition) is 6. The molecule has 3 N–H and O–H groups in total. The molecule has 122 valence electrons. The Morgan fingerprint density at radius 3 is 2.82 bits per heavy atom. The number of benzene rings is 1. The number of β-amino-alcohol motifs (C(OH)–C–C–N with tert-alkyl or cyclic N) is 1. The van der Waals surface area contributed by atoms with Crippen LogP contribution in [0, 0.1) is 16.0 Å². The van der Waals surface area contributed by atoms with Crippen LogP contribution in [0.15, 0.2) is 18.2 Å². The van der Waals surface area contributed by atoms with Crippen LogP contribution in [0.1, 0.15) is 10.4 Å². The minimum atomic E-state index is -0.597. The molecule has 1 aliphatic rings. The molecule has 2 rings (SSSR count). The smallest absolute Gasteiger partial charge is 0.311 e. The van der Waals surface area contributed by atoms with Crippen molar-refractivity contribution in [3.05, 3.63) is 33.9 Å². The summed E-state index contributed by atoms with van der Waals surface area (Å²) < 4.78 is 4.88. The number of halogens is 1. The summed E-state index contributed by atoms with van der Waals surface area (Å²) in [5.41, 5.74) is -0.0735. The van der Waals surface area contributed by atoms with E-state index in [1.165, 1.54) is 25.3 Å². The van der Waals surface area contributed by atoms with Gasteiger partial charge in [0, 0.05) is 37.2 Å². The molecule has 1 saturated heterocycles. The van der Waals surface area contributed by atoms with E-state index in [4.69, 9.17) is 4.74 Å². The van der Waals surface area contributed by atoms with Gasteiger partial charge < -0.3 is 20.5 Å². The molecule has 1 heterocycles. The molecule has 8 nitrogen and oxygen atoms in total. The lowest BCUT2D eigenvalue weighted by molar-refractivity contribution is -0.385. The number of nitrogens with one attached hydrogen (secondary N) is 2. The van der Waals surface area contributed by atoms with E-state index in [2.05, 4.69) is 10.6 Å². The zero-order valence-electron chi connectivity index (χ0n) is 11.9. The van der Waals surface area contributed by atoms with Gasteiger partial charge in [0.25, 0.3) is 5.91 Å². The van der Waals surface area contributed by atoms with Crippen molar-refractivity contribution in [2.75, 3.05) is 26.7 Å². The van der Waals surface area contributed by atoms with Gasteiger partial charge in [0.2, 0.25) is 0 Å². The highest BCUT2D eigenvalue weighted by Gasteiger charge is 2.25. The summed E-state index contributed by atoms with van der Waals surface area (Å²) in [4.78, 5) is 22.3. The Bertz CT molecular complexity index is 554. The van der Waals surface area contributed by atoms with Gasteiger partial charge in [-0.15, -0.1) is 12.4 Å². The minimum Gasteiger partial charge on any atom is -0.490 e. The molecule has 2 atom stereocenters. The third kappa shape index (κ3) is 4.06. The van der Waals surface area contributed by atoms with Gasteiger partial charge >= 0.3 is 5.69 Å². The number of aliphatic hydroxyl groups excluding tert-OH is 1. The molecule has 1 aliphatic heterocycles. The molecule has 2 unspecified atom stereocenters. The van der Waals surface area contributed by atoms with Crippen LogP contribution < -0.4 is 15.4 Å². The molecule has 1 amide bonds. The van der Waals surface area contributed by atoms with Crippen molar-refractivity contribution in [1.82, 2.24) is 10.6 Å². The number of aliphatic hydroxyl groups is 1. The first-order valence-electron chi connectivity index (χ1n) is 6.52. The second-order valence-corrected chi connectivity index (χ2v) is 4.84. The summed E-state index contributed by atoms with van der Waals surface area (Å²) in [6.45, 7) is 1.45. The number of nitro benzene ring substituents is 1. The number of carbonyl (C=O) groups excluding carboxylic acids is 1. The average molecular weight is 332 g/mol. The lowest BCUT2D eigenvalue weighted by Gasteiger charge is -2.14. The Kier molecular flexibility index (Phi) is 6.54. The Hall–Kier alpha value is -1.90. The number of methoxy groups -OCH3 is 1. The van der Waals surface area contributed by atoms with E-state index >= 15 is 0 Å². The van der Waals surface area contributed by atoms with Gasteiger partial charge in [-0.3, -0.25) is 14.9 Å². The number of hydrogen-bond donors (Lipinski definition) is 3. The van der Waals surface area contributed by atoms with Crippen LogP contribution in [-0.2, 0) is 0 Å². The first-order valence-corrected chi connectivity index (χ1v) is 6.52. The molecule has 0 aromatic heterocycles. The van der Waals surface area contributed by atoms with Gasteiger partial charge in [-0.25, -0.2) is 0 Å². The first-order chi connectivity index (χ1) is 10.0. The number of carbonyl (C=O) groups is 1. The largest absolute Gasteiger partial charge is 0.490 e. The fourth-order valence-corrected chi connectivity index (χ4v) is 2.23. The van der Waals surface area contributed by atoms with Crippen molar-refractivity contribution in [3.8, 4) is 5.75 Å². The van der Waals surface area contributed by atoms with E-state index in [0.29, 0.717) is 19.6 Å². The molecule has 9 heteroatoms. The van der Waals surface area contributed by atoms with Gasteiger partial charge in [0.15, 0.2) is 5.75 Å². The molecule has 0 saturated carbocycles. The summed E-state index contributed by atoms with van der Waals surface area (Å²) in [6, 6.07) is 4.03. The minimum absolute atomic E-state index is 0. The molecule has 1 fully saturated rings. The van der Waals surface area contributed by atoms with Crippen LogP contribution in [0.5, 0.6) is 5.75 Å². The predicted octanol–water partition coefficient (Wildman–Crippen LogP) is 0.335. The summed E-state index contributed by atoms with van der Waals surface area (Å²) in [5.74, 6) is -0.367. The van der Waals surface area contributed by atoms with E-state index < -0.39 is 16.9 Å². The highest BCUT2D eigenvalue weighted by Crippen LogP contribution is 2.27. The maximum atomic E-state index is 12.0. The second kappa shape index (κ2) is 7.92. The van der Waals surface area contributed by atoms with E-state index in [0.717, 1.165) is 0 Å². The molecule has 22 heavy (non-hydrogen) atoms. The number of ether oxygens (including phenoxy) is 1. The topological polar surface area (TPSA) is 114 Å². The van der Waals surface area contributed by atoms with Gasteiger partial charge in [0.1, 0.15) is 0 Å². The zero-order chi connectivity index (χ0) is 15.4. The molecule has 1 aromatic rings. The van der Waals surface area contributed by atoms with Crippen LogP contribution >= 0.6 is 12.4 Å². The van der Waals surface area contributed by atoms with Crippen molar-refractivity contribution >= 4 is 24.0 Å². The van der Waals surface area contributed by atoms with Crippen LogP contribution in [0.4, 0.5) is 5.69 Å². The Morgan fingerprint density at radius 1 is 1.55 bits per heavy atom. The number of amides is 1. The Balaban J connectivity index is 0.00000242. The van der Waals surface area contributed by atoms with E-state index in [-0.39, 0.29) is 35.3 Å². The Labute approximate surface area is 133 Å². The molecule has 1 aromatic carbocycles. The maximum Gasteiger partial charge on any atom is 0.311 e. The van der Waals surface area contributed by atoms with Crippen LogP contribution in [0.3, 0.4) is 0 Å². The normalized spacial score (nSPS) is 20.1. The number of nitro groups is 1. The predicted molar refractivity (Wildman–Crippen MR) is 81.6 cm³/mol. The summed E-state index contributed by atoms with van der Waals surface area (Å²) in [7, 11) is 1.33. The molecule has 0 radical (unpaired) electrons. The highest BCUT2D eigenvalue weighted by molar-refractivity contribution is 5.95. The SMILES string of the molecule is COc1ccc(C(=O)NCC2CNCC2O)cc1[N+](=O)[O-].Cl. The molecule has 0 bridgehead atoms. The fraction of sp³-hybridized carbons (Fsp3) is 0.462. The van der Waals surface area contributed by atoms with Crippen molar-refractivity contribution in [2.24, 2.45) is 5.92 Å². The first kappa shape index (κ1) is 18.1. The highest BCUT2D eigenvalue weighted by atomic mass is 35.5. The lowest BCUT2D eigenvalue weighted by Crippen LogP contribution is -2.34. The van der Waals surface area contributed by atoms with Gasteiger partial charge in [-0.05, 0) is 12.1 Å². The van der Waals surface area contributed by atoms with Crippen LogP contribution in [0.25, 0.3) is 0 Å². The second-order valence-electron chi connectivity index (χ2n) is 4.84. The number of rotatable bonds is 5. The van der Waals surface area contributed by atoms with Crippen LogP contribution in [0.2, 0.25) is 0 Å². The third-order valence-electron chi connectivity index (χ3n) is 3.47. The van der Waals surface area contributed by atoms with E-state index in [1.54, 1.807) is 0 Å².